The Morgan fingerprint density at radius 3 is 2.19 bits per heavy atom. The lowest BCUT2D eigenvalue weighted by molar-refractivity contribution is 0.0939. The van der Waals surface area contributed by atoms with Gasteiger partial charge in [-0.3, -0.25) is 9.52 Å². The number of benzene rings is 3. The summed E-state index contributed by atoms with van der Waals surface area (Å²) in [5, 5.41) is 2.94. The fraction of sp³-hybridized carbons (Fsp3) is 0.208. The number of rotatable bonds is 6. The molecular weight excluding hydrogens is 432 g/mol. The number of carbonyl (C=O) groups excluding carboxylic acids is 1. The van der Waals surface area contributed by atoms with E-state index in [0.29, 0.717) is 5.69 Å². The zero-order valence-electron chi connectivity index (χ0n) is 17.9. The van der Waals surface area contributed by atoms with Gasteiger partial charge in [-0.1, -0.05) is 59.1 Å². The Hall–Kier alpha value is -2.83. The van der Waals surface area contributed by atoms with Gasteiger partial charge in [0.1, 0.15) is 4.90 Å². The second-order valence-corrected chi connectivity index (χ2v) is 9.73. The Morgan fingerprint density at radius 1 is 0.903 bits per heavy atom. The number of carbonyl (C=O) groups is 1. The molecule has 3 rings (SSSR count). The molecule has 2 N–H and O–H groups in total. The summed E-state index contributed by atoms with van der Waals surface area (Å²) >= 11 is 6.18. The fourth-order valence-corrected chi connectivity index (χ4v) is 4.85. The molecule has 0 unspecified atom stereocenters. The van der Waals surface area contributed by atoms with Crippen molar-refractivity contribution in [1.29, 1.82) is 0 Å². The van der Waals surface area contributed by atoms with Gasteiger partial charge in [-0.15, -0.1) is 0 Å². The molecule has 7 heteroatoms. The van der Waals surface area contributed by atoms with Gasteiger partial charge in [0, 0.05) is 5.56 Å². The van der Waals surface area contributed by atoms with E-state index in [1.807, 2.05) is 64.1 Å². The van der Waals surface area contributed by atoms with Gasteiger partial charge in [0.25, 0.3) is 15.9 Å². The van der Waals surface area contributed by atoms with Gasteiger partial charge in [-0.25, -0.2) is 8.42 Å². The summed E-state index contributed by atoms with van der Waals surface area (Å²) < 4.78 is 28.5. The van der Waals surface area contributed by atoms with Crippen molar-refractivity contribution in [3.63, 3.8) is 0 Å². The third-order valence-electron chi connectivity index (χ3n) is 5.03. The van der Waals surface area contributed by atoms with Crippen LogP contribution in [0.15, 0.2) is 65.6 Å². The van der Waals surface area contributed by atoms with Crippen molar-refractivity contribution in [2.75, 3.05) is 4.72 Å². The highest BCUT2D eigenvalue weighted by Gasteiger charge is 2.22. The topological polar surface area (TPSA) is 75.3 Å². The largest absolute Gasteiger partial charge is 0.346 e. The Morgan fingerprint density at radius 2 is 1.55 bits per heavy atom. The average molecular weight is 457 g/mol. The van der Waals surface area contributed by atoms with E-state index in [4.69, 9.17) is 11.6 Å². The number of hydrogen-bond acceptors (Lipinski definition) is 3. The summed E-state index contributed by atoms with van der Waals surface area (Å²) in [6.07, 6.45) is 0. The fourth-order valence-electron chi connectivity index (χ4n) is 3.20. The maximum absolute atomic E-state index is 13.0. The summed E-state index contributed by atoms with van der Waals surface area (Å²) in [4.78, 5) is 12.6. The van der Waals surface area contributed by atoms with E-state index in [9.17, 15) is 13.2 Å². The van der Waals surface area contributed by atoms with Crippen LogP contribution < -0.4 is 10.0 Å². The molecule has 0 heterocycles. The summed E-state index contributed by atoms with van der Waals surface area (Å²) in [5.74, 6) is -0.382. The van der Waals surface area contributed by atoms with Crippen molar-refractivity contribution in [1.82, 2.24) is 5.32 Å². The lowest BCUT2D eigenvalue weighted by Crippen LogP contribution is -2.27. The SMILES string of the molecule is Cc1ccc([C@H](C)NC(=O)c2ccc(Cl)c(S(=O)(=O)Nc3ccc(C)cc3C)c2)cc1. The maximum Gasteiger partial charge on any atom is 0.263 e. The minimum atomic E-state index is -3.98. The molecule has 0 aliphatic carbocycles. The van der Waals surface area contributed by atoms with Crippen LogP contribution in [0.5, 0.6) is 0 Å². The molecule has 0 spiro atoms. The molecule has 3 aromatic rings. The molecule has 3 aromatic carbocycles. The van der Waals surface area contributed by atoms with Crippen LogP contribution in [-0.4, -0.2) is 14.3 Å². The quantitative estimate of drug-likeness (QED) is 0.510. The molecule has 1 amide bonds. The van der Waals surface area contributed by atoms with Crippen LogP contribution in [0.4, 0.5) is 5.69 Å². The zero-order chi connectivity index (χ0) is 22.8. The van der Waals surface area contributed by atoms with E-state index in [2.05, 4.69) is 10.0 Å². The first-order valence-electron chi connectivity index (χ1n) is 9.84. The average Bonchev–Trinajstić information content (AvgIpc) is 2.70. The second kappa shape index (κ2) is 9.12. The smallest absolute Gasteiger partial charge is 0.263 e. The van der Waals surface area contributed by atoms with E-state index in [-0.39, 0.29) is 27.4 Å². The molecule has 5 nitrogen and oxygen atoms in total. The van der Waals surface area contributed by atoms with Crippen molar-refractivity contribution >= 4 is 33.2 Å². The van der Waals surface area contributed by atoms with Gasteiger partial charge in [-0.2, -0.15) is 0 Å². The predicted octanol–water partition coefficient (Wildman–Crippen LogP) is 5.56. The summed E-state index contributed by atoms with van der Waals surface area (Å²) in [6.45, 7) is 7.62. The summed E-state index contributed by atoms with van der Waals surface area (Å²) in [7, 11) is -3.98. The van der Waals surface area contributed by atoms with Gasteiger partial charge >= 0.3 is 0 Å². The normalized spacial score (nSPS) is 12.3. The number of anilines is 1. The molecule has 1 atom stereocenters. The van der Waals surface area contributed by atoms with Gasteiger partial charge in [0.15, 0.2) is 0 Å². The summed E-state index contributed by atoms with van der Waals surface area (Å²) in [5.41, 5.74) is 4.58. The van der Waals surface area contributed by atoms with Gasteiger partial charge in [0.2, 0.25) is 0 Å². The van der Waals surface area contributed by atoms with E-state index in [0.717, 1.165) is 22.3 Å². The first kappa shape index (κ1) is 22.8. The third-order valence-corrected chi connectivity index (χ3v) is 6.88. The highest BCUT2D eigenvalue weighted by Crippen LogP contribution is 2.27. The van der Waals surface area contributed by atoms with Crippen molar-refractivity contribution < 1.29 is 13.2 Å². The van der Waals surface area contributed by atoms with Crippen LogP contribution in [0.1, 0.15) is 45.6 Å². The molecule has 0 saturated carbocycles. The molecule has 0 saturated heterocycles. The lowest BCUT2D eigenvalue weighted by atomic mass is 10.1. The lowest BCUT2D eigenvalue weighted by Gasteiger charge is -2.16. The van der Waals surface area contributed by atoms with Crippen LogP contribution in [0.3, 0.4) is 0 Å². The van der Waals surface area contributed by atoms with Crippen LogP contribution in [0.25, 0.3) is 0 Å². The highest BCUT2D eigenvalue weighted by atomic mass is 35.5. The Balaban J connectivity index is 1.84. The number of aryl methyl sites for hydroxylation is 3. The number of hydrogen-bond donors (Lipinski definition) is 2. The Labute approximate surface area is 188 Å². The molecule has 0 radical (unpaired) electrons. The van der Waals surface area contributed by atoms with Crippen molar-refractivity contribution in [3.05, 3.63) is 93.5 Å². The first-order chi connectivity index (χ1) is 14.6. The first-order valence-corrected chi connectivity index (χ1v) is 11.7. The molecule has 162 valence electrons. The number of halogens is 1. The van der Waals surface area contributed by atoms with E-state index < -0.39 is 10.0 Å². The standard InChI is InChI=1S/C24H25ClN2O3S/c1-15-5-8-19(9-6-15)18(4)26-24(28)20-10-11-21(25)23(14-20)31(29,30)27-22-12-7-16(2)13-17(22)3/h5-14,18,27H,1-4H3,(H,26,28)/t18-/m0/s1. The second-order valence-electron chi connectivity index (χ2n) is 7.67. The minimum Gasteiger partial charge on any atom is -0.346 e. The molecule has 0 aliphatic rings. The third kappa shape index (κ3) is 5.46. The minimum absolute atomic E-state index is 0.0420. The predicted molar refractivity (Wildman–Crippen MR) is 125 cm³/mol. The molecule has 0 aromatic heterocycles. The van der Waals surface area contributed by atoms with Gasteiger partial charge < -0.3 is 5.32 Å². The van der Waals surface area contributed by atoms with Crippen LogP contribution in [-0.2, 0) is 10.0 Å². The number of nitrogens with one attached hydrogen (secondary N) is 2. The number of sulfonamides is 1. The molecule has 0 fully saturated rings. The molecule has 31 heavy (non-hydrogen) atoms. The molecular formula is C24H25ClN2O3S. The molecule has 0 aliphatic heterocycles. The monoisotopic (exact) mass is 456 g/mol. The van der Waals surface area contributed by atoms with Crippen LogP contribution in [0.2, 0.25) is 5.02 Å². The van der Waals surface area contributed by atoms with Gasteiger partial charge in [-0.05, 0) is 63.1 Å². The van der Waals surface area contributed by atoms with Crippen molar-refractivity contribution in [3.8, 4) is 0 Å². The van der Waals surface area contributed by atoms with Crippen molar-refractivity contribution in [2.45, 2.75) is 38.6 Å². The van der Waals surface area contributed by atoms with Crippen molar-refractivity contribution in [2.24, 2.45) is 0 Å². The summed E-state index contributed by atoms with van der Waals surface area (Å²) in [6, 6.07) is 17.3. The van der Waals surface area contributed by atoms with Crippen LogP contribution >= 0.6 is 11.6 Å². The Kier molecular flexibility index (Phi) is 6.72. The van der Waals surface area contributed by atoms with E-state index >= 15 is 0 Å². The Bertz CT molecular complexity index is 1220. The van der Waals surface area contributed by atoms with E-state index in [1.165, 1.54) is 18.2 Å². The molecule has 0 bridgehead atoms. The zero-order valence-corrected chi connectivity index (χ0v) is 19.4. The highest BCUT2D eigenvalue weighted by molar-refractivity contribution is 7.92. The maximum atomic E-state index is 13.0. The van der Waals surface area contributed by atoms with E-state index in [1.54, 1.807) is 6.07 Å². The van der Waals surface area contributed by atoms with Gasteiger partial charge in [0.05, 0.1) is 16.8 Å². The van der Waals surface area contributed by atoms with Crippen LogP contribution in [0, 0.1) is 20.8 Å². The number of amides is 1.